The molecule has 1 heterocycles. The molecule has 4 nitrogen and oxygen atoms in total. The van der Waals surface area contributed by atoms with Crippen molar-refractivity contribution in [1.29, 1.82) is 0 Å². The van der Waals surface area contributed by atoms with Gasteiger partial charge in [-0.3, -0.25) is 0 Å². The molecule has 0 amide bonds. The Kier molecular flexibility index (Phi) is 3.43. The minimum absolute atomic E-state index is 0.375. The maximum Gasteiger partial charge on any atom is 0.512 e. The van der Waals surface area contributed by atoms with E-state index >= 15 is 0 Å². The van der Waals surface area contributed by atoms with Gasteiger partial charge < -0.3 is 4.74 Å². The molecule has 96 valence electrons. The fourth-order valence-corrected chi connectivity index (χ4v) is 2.01. The Morgan fingerprint density at radius 1 is 1.44 bits per heavy atom. The zero-order chi connectivity index (χ0) is 13.3. The Morgan fingerprint density at radius 2 is 2.17 bits per heavy atom. The van der Waals surface area contributed by atoms with Crippen LogP contribution in [0.25, 0.3) is 11.0 Å². The van der Waals surface area contributed by atoms with Crippen molar-refractivity contribution >= 4 is 33.1 Å². The lowest BCUT2D eigenvalue weighted by molar-refractivity contribution is -0.345. The predicted octanol–water partition coefficient (Wildman–Crippen LogP) is 3.13. The first-order valence-electron chi connectivity index (χ1n) is 5.72. The molecule has 2 rings (SSSR count). The van der Waals surface area contributed by atoms with Gasteiger partial charge in [0.25, 0.3) is 6.33 Å². The molecule has 0 aliphatic rings. The average molecular weight is 312 g/mol. The molecule has 0 saturated heterocycles. The molecule has 0 spiro atoms. The second-order valence-corrected chi connectivity index (χ2v) is 5.67. The quantitative estimate of drug-likeness (QED) is 0.759. The average Bonchev–Trinajstić information content (AvgIpc) is 2.69. The van der Waals surface area contributed by atoms with Gasteiger partial charge in [-0.2, -0.15) is 4.79 Å². The predicted molar refractivity (Wildman–Crippen MR) is 72.8 cm³/mol. The number of aromatic nitrogens is 2. The van der Waals surface area contributed by atoms with Gasteiger partial charge in [0, 0.05) is 5.33 Å². The molecule has 0 radical (unpaired) electrons. The highest BCUT2D eigenvalue weighted by Gasteiger charge is 2.24. The summed E-state index contributed by atoms with van der Waals surface area (Å²) in [5, 5.41) is 0.786. The Labute approximate surface area is 114 Å². The topological polar surface area (TPSA) is 45.4 Å². The van der Waals surface area contributed by atoms with E-state index in [0.29, 0.717) is 0 Å². The van der Waals surface area contributed by atoms with Crippen LogP contribution in [0.15, 0.2) is 24.5 Å². The molecule has 0 aliphatic carbocycles. The molecule has 0 unspecified atom stereocenters. The highest BCUT2D eigenvalue weighted by Crippen LogP contribution is 2.16. The van der Waals surface area contributed by atoms with E-state index in [2.05, 4.69) is 20.9 Å². The van der Waals surface area contributed by atoms with Crippen molar-refractivity contribution in [3.05, 3.63) is 30.1 Å². The van der Waals surface area contributed by atoms with Crippen molar-refractivity contribution in [2.45, 2.75) is 31.7 Å². The van der Waals surface area contributed by atoms with Crippen LogP contribution in [0.2, 0.25) is 0 Å². The zero-order valence-corrected chi connectivity index (χ0v) is 12.2. The maximum atomic E-state index is 12.0. The number of imidazole rings is 1. The van der Waals surface area contributed by atoms with Crippen LogP contribution < -0.4 is 4.98 Å². The number of nitrogens with one attached hydrogen (secondary N) is 1. The third-order valence-corrected chi connectivity index (χ3v) is 3.06. The lowest BCUT2D eigenvalue weighted by atomic mass is 10.2. The van der Waals surface area contributed by atoms with E-state index < -0.39 is 5.60 Å². The summed E-state index contributed by atoms with van der Waals surface area (Å²) in [7, 11) is 0. The number of ether oxygens (including phenoxy) is 1. The van der Waals surface area contributed by atoms with Crippen molar-refractivity contribution in [3.8, 4) is 0 Å². The van der Waals surface area contributed by atoms with Crippen molar-refractivity contribution in [2.75, 3.05) is 0 Å². The first-order valence-corrected chi connectivity index (χ1v) is 6.84. The Balaban J connectivity index is 2.38. The Morgan fingerprint density at radius 3 is 2.78 bits per heavy atom. The number of rotatable bonds is 1. The molecule has 0 bridgehead atoms. The van der Waals surface area contributed by atoms with Crippen LogP contribution in [0.5, 0.6) is 0 Å². The first kappa shape index (κ1) is 13.1. The van der Waals surface area contributed by atoms with Crippen molar-refractivity contribution in [3.63, 3.8) is 0 Å². The summed E-state index contributed by atoms with van der Waals surface area (Å²) in [6.45, 7) is 5.55. The third-order valence-electron chi connectivity index (χ3n) is 2.41. The minimum Gasteiger partial charge on any atom is -0.425 e. The number of halogens is 1. The summed E-state index contributed by atoms with van der Waals surface area (Å²) in [6.07, 6.45) is 1.25. The van der Waals surface area contributed by atoms with Crippen LogP contribution in [0, 0.1) is 0 Å². The van der Waals surface area contributed by atoms with Gasteiger partial charge in [-0.25, -0.2) is 4.98 Å². The summed E-state index contributed by atoms with van der Waals surface area (Å²) in [5.74, 6) is 0. The summed E-state index contributed by atoms with van der Waals surface area (Å²) in [6, 6.07) is 5.89. The summed E-state index contributed by atoms with van der Waals surface area (Å²) in [5.41, 5.74) is 2.39. The third kappa shape index (κ3) is 2.72. The summed E-state index contributed by atoms with van der Waals surface area (Å²) in [4.78, 5) is 15.1. The van der Waals surface area contributed by atoms with E-state index in [-0.39, 0.29) is 6.09 Å². The van der Waals surface area contributed by atoms with E-state index in [0.717, 1.165) is 21.9 Å². The van der Waals surface area contributed by atoms with Crippen LogP contribution in [0.3, 0.4) is 0 Å². The number of hydrogen-bond donors (Lipinski definition) is 0. The van der Waals surface area contributed by atoms with Crippen LogP contribution >= 0.6 is 15.9 Å². The van der Waals surface area contributed by atoms with E-state index in [1.807, 2.05) is 39.0 Å². The number of hydrogen-bond acceptors (Lipinski definition) is 2. The fraction of sp³-hybridized carbons (Fsp3) is 0.385. The second kappa shape index (κ2) is 4.72. The summed E-state index contributed by atoms with van der Waals surface area (Å²) < 4.78 is 6.83. The number of benzene rings is 1. The standard InChI is InChI=1S/C13H15BrN2O2/c1-13(2,3)18-12(17)16-8-15-10-6-9(7-14)4-5-11(10)16/h4-6,8H,7H2,1-3H3/p+1. The molecule has 1 N–H and O–H groups in total. The number of H-pyrrole nitrogens is 1. The van der Waals surface area contributed by atoms with Gasteiger partial charge in [0.15, 0.2) is 11.0 Å². The van der Waals surface area contributed by atoms with Gasteiger partial charge in [-0.15, -0.1) is 4.57 Å². The van der Waals surface area contributed by atoms with Crippen LogP contribution in [0.1, 0.15) is 26.3 Å². The Bertz CT molecular complexity index is 584. The monoisotopic (exact) mass is 311 g/mol. The number of aromatic amines is 1. The largest absolute Gasteiger partial charge is 0.512 e. The lowest BCUT2D eigenvalue weighted by Crippen LogP contribution is -2.27. The van der Waals surface area contributed by atoms with Gasteiger partial charge in [-0.05, 0) is 38.5 Å². The van der Waals surface area contributed by atoms with Crippen molar-refractivity contribution in [2.24, 2.45) is 0 Å². The number of carbonyl (C=O) groups excluding carboxylic acids is 1. The number of nitrogens with zero attached hydrogens (tertiary/aromatic N) is 1. The molecule has 0 aliphatic heterocycles. The molecular formula is C13H16BrN2O2+. The minimum atomic E-state index is -0.497. The smallest absolute Gasteiger partial charge is 0.425 e. The van der Waals surface area contributed by atoms with E-state index in [9.17, 15) is 4.79 Å². The molecule has 0 atom stereocenters. The van der Waals surface area contributed by atoms with E-state index in [1.54, 1.807) is 6.33 Å². The molecular weight excluding hydrogens is 296 g/mol. The van der Waals surface area contributed by atoms with Crippen LogP contribution in [-0.2, 0) is 10.1 Å². The second-order valence-electron chi connectivity index (χ2n) is 5.11. The Hall–Kier alpha value is -1.36. The van der Waals surface area contributed by atoms with Gasteiger partial charge in [0.2, 0.25) is 0 Å². The van der Waals surface area contributed by atoms with Gasteiger partial charge >= 0.3 is 6.09 Å². The number of alkyl halides is 1. The normalized spacial score (nSPS) is 11.8. The molecule has 5 heteroatoms. The fourth-order valence-electron chi connectivity index (χ4n) is 1.66. The highest BCUT2D eigenvalue weighted by atomic mass is 79.9. The van der Waals surface area contributed by atoms with Crippen molar-refractivity contribution in [1.82, 2.24) is 4.57 Å². The molecule has 0 saturated carbocycles. The molecule has 2 aromatic rings. The van der Waals surface area contributed by atoms with Crippen LogP contribution in [0.4, 0.5) is 4.79 Å². The molecule has 18 heavy (non-hydrogen) atoms. The zero-order valence-electron chi connectivity index (χ0n) is 10.7. The molecule has 1 aromatic carbocycles. The van der Waals surface area contributed by atoms with Crippen molar-refractivity contribution < 1.29 is 14.5 Å². The number of fused-ring (bicyclic) bond motifs is 1. The number of carbonyl (C=O) groups is 1. The molecule has 0 fully saturated rings. The van der Waals surface area contributed by atoms with E-state index in [1.165, 1.54) is 4.57 Å². The highest BCUT2D eigenvalue weighted by molar-refractivity contribution is 9.08. The maximum absolute atomic E-state index is 12.0. The summed E-state index contributed by atoms with van der Waals surface area (Å²) >= 11 is 3.41. The van der Waals surface area contributed by atoms with E-state index in [4.69, 9.17) is 4.74 Å². The van der Waals surface area contributed by atoms with Crippen LogP contribution in [-0.4, -0.2) is 16.3 Å². The van der Waals surface area contributed by atoms with Gasteiger partial charge in [0.05, 0.1) is 0 Å². The SMILES string of the molecule is CC(C)(C)OC(=O)n1c[nH+]c2cc(CBr)ccc21. The van der Waals surface area contributed by atoms with Gasteiger partial charge in [-0.1, -0.05) is 22.0 Å². The first-order chi connectivity index (χ1) is 8.40. The molecule has 1 aromatic heterocycles. The lowest BCUT2D eigenvalue weighted by Gasteiger charge is -2.16. The van der Waals surface area contributed by atoms with Gasteiger partial charge in [0.1, 0.15) is 5.60 Å².